The number of nitrogens with two attached hydrogens (primary N) is 1. The Labute approximate surface area is 128 Å². The van der Waals surface area contributed by atoms with E-state index in [2.05, 4.69) is 24.3 Å². The molecule has 3 atom stereocenters. The number of sulfone groups is 1. The Kier molecular flexibility index (Phi) is 5.82. The highest BCUT2D eigenvalue weighted by Crippen LogP contribution is 2.37. The summed E-state index contributed by atoms with van der Waals surface area (Å²) in [6.07, 6.45) is 4.55. The van der Waals surface area contributed by atoms with Gasteiger partial charge in [-0.1, -0.05) is 37.3 Å². The van der Waals surface area contributed by atoms with Crippen molar-refractivity contribution in [2.45, 2.75) is 51.0 Å². The first-order chi connectivity index (χ1) is 10.0. The summed E-state index contributed by atoms with van der Waals surface area (Å²) in [5.74, 6) is 1.46. The third-order valence-electron chi connectivity index (χ3n) is 4.63. The second kappa shape index (κ2) is 7.41. The van der Waals surface area contributed by atoms with Crippen molar-refractivity contribution in [1.82, 2.24) is 0 Å². The summed E-state index contributed by atoms with van der Waals surface area (Å²) >= 11 is 0. The molecule has 0 radical (unpaired) electrons. The van der Waals surface area contributed by atoms with Crippen LogP contribution in [0.1, 0.15) is 50.5 Å². The molecule has 2 rings (SSSR count). The molecule has 4 heteroatoms. The fourth-order valence-electron chi connectivity index (χ4n) is 3.39. The van der Waals surface area contributed by atoms with E-state index in [-0.39, 0.29) is 6.04 Å². The van der Waals surface area contributed by atoms with Crippen LogP contribution in [0.5, 0.6) is 0 Å². The third kappa shape index (κ3) is 4.82. The van der Waals surface area contributed by atoms with Crippen LogP contribution < -0.4 is 5.73 Å². The van der Waals surface area contributed by atoms with E-state index < -0.39 is 9.84 Å². The number of benzene rings is 1. The SMILES string of the molecule is CCCS(=O)(=O)CCC1CC(c2ccccc2)CCC1N. The molecule has 0 aromatic heterocycles. The first-order valence-electron chi connectivity index (χ1n) is 8.03. The maximum atomic E-state index is 11.9. The quantitative estimate of drug-likeness (QED) is 0.878. The van der Waals surface area contributed by atoms with Crippen LogP contribution in [-0.4, -0.2) is 26.0 Å². The van der Waals surface area contributed by atoms with Crippen molar-refractivity contribution in [2.75, 3.05) is 11.5 Å². The van der Waals surface area contributed by atoms with Crippen LogP contribution in [0, 0.1) is 5.92 Å². The Morgan fingerprint density at radius 1 is 1.14 bits per heavy atom. The van der Waals surface area contributed by atoms with E-state index in [4.69, 9.17) is 5.73 Å². The molecule has 1 aliphatic rings. The highest BCUT2D eigenvalue weighted by atomic mass is 32.2. The van der Waals surface area contributed by atoms with Gasteiger partial charge in [0, 0.05) is 11.8 Å². The predicted molar refractivity (Wildman–Crippen MR) is 88.1 cm³/mol. The molecule has 3 unspecified atom stereocenters. The fourth-order valence-corrected chi connectivity index (χ4v) is 4.88. The summed E-state index contributed by atoms with van der Waals surface area (Å²) in [5, 5.41) is 0. The first-order valence-corrected chi connectivity index (χ1v) is 9.85. The molecule has 1 aromatic carbocycles. The van der Waals surface area contributed by atoms with E-state index >= 15 is 0 Å². The molecule has 1 fully saturated rings. The van der Waals surface area contributed by atoms with E-state index in [0.717, 1.165) is 19.3 Å². The largest absolute Gasteiger partial charge is 0.327 e. The summed E-state index contributed by atoms with van der Waals surface area (Å²) in [5.41, 5.74) is 7.59. The molecule has 1 aliphatic carbocycles. The summed E-state index contributed by atoms with van der Waals surface area (Å²) < 4.78 is 23.8. The Hall–Kier alpha value is -0.870. The van der Waals surface area contributed by atoms with Crippen molar-refractivity contribution in [1.29, 1.82) is 0 Å². The normalized spacial score (nSPS) is 26.7. The molecule has 0 spiro atoms. The Bertz CT molecular complexity index is 527. The molecule has 2 N–H and O–H groups in total. The average Bonchev–Trinajstić information content (AvgIpc) is 2.47. The molecule has 3 nitrogen and oxygen atoms in total. The van der Waals surface area contributed by atoms with Crippen LogP contribution in [0.3, 0.4) is 0 Å². The van der Waals surface area contributed by atoms with Gasteiger partial charge in [-0.25, -0.2) is 8.42 Å². The molecular weight excluding hydrogens is 282 g/mol. The van der Waals surface area contributed by atoms with Crippen LogP contribution in [0.4, 0.5) is 0 Å². The summed E-state index contributed by atoms with van der Waals surface area (Å²) in [6, 6.07) is 10.7. The standard InChI is InChI=1S/C17H27NO2S/c1-2-11-21(19,20)12-10-16-13-15(8-9-17(16)18)14-6-4-3-5-7-14/h3-7,15-17H,2,8-13,18H2,1H3. The van der Waals surface area contributed by atoms with Crippen molar-refractivity contribution >= 4 is 9.84 Å². The van der Waals surface area contributed by atoms with Gasteiger partial charge in [0.25, 0.3) is 0 Å². The van der Waals surface area contributed by atoms with Gasteiger partial charge in [-0.2, -0.15) is 0 Å². The molecule has 1 saturated carbocycles. The minimum atomic E-state index is -2.89. The molecule has 0 amide bonds. The maximum absolute atomic E-state index is 11.9. The van der Waals surface area contributed by atoms with Crippen LogP contribution in [0.2, 0.25) is 0 Å². The second-order valence-electron chi connectivity index (χ2n) is 6.29. The van der Waals surface area contributed by atoms with Gasteiger partial charge in [0.05, 0.1) is 5.75 Å². The molecule has 0 heterocycles. The van der Waals surface area contributed by atoms with Crippen molar-refractivity contribution < 1.29 is 8.42 Å². The molecule has 118 valence electrons. The van der Waals surface area contributed by atoms with Gasteiger partial charge in [-0.05, 0) is 49.5 Å². The molecule has 0 bridgehead atoms. The number of hydrogen-bond acceptors (Lipinski definition) is 3. The second-order valence-corrected chi connectivity index (χ2v) is 8.59. The minimum Gasteiger partial charge on any atom is -0.327 e. The van der Waals surface area contributed by atoms with Gasteiger partial charge in [-0.15, -0.1) is 0 Å². The van der Waals surface area contributed by atoms with Gasteiger partial charge in [0.2, 0.25) is 0 Å². The van der Waals surface area contributed by atoms with Gasteiger partial charge in [0.15, 0.2) is 0 Å². The van der Waals surface area contributed by atoms with Gasteiger partial charge < -0.3 is 5.73 Å². The van der Waals surface area contributed by atoms with Crippen molar-refractivity contribution in [3.63, 3.8) is 0 Å². The maximum Gasteiger partial charge on any atom is 0.150 e. The van der Waals surface area contributed by atoms with E-state index in [1.54, 1.807) is 0 Å². The van der Waals surface area contributed by atoms with E-state index in [9.17, 15) is 8.42 Å². The highest BCUT2D eigenvalue weighted by Gasteiger charge is 2.29. The first kappa shape index (κ1) is 16.5. The lowest BCUT2D eigenvalue weighted by atomic mass is 9.74. The zero-order valence-corrected chi connectivity index (χ0v) is 13.7. The zero-order valence-electron chi connectivity index (χ0n) is 12.9. The Balaban J connectivity index is 1.96. The number of rotatable bonds is 6. The van der Waals surface area contributed by atoms with Gasteiger partial charge >= 0.3 is 0 Å². The third-order valence-corrected chi connectivity index (χ3v) is 6.51. The van der Waals surface area contributed by atoms with Crippen molar-refractivity contribution in [3.05, 3.63) is 35.9 Å². The molecule has 0 saturated heterocycles. The fraction of sp³-hybridized carbons (Fsp3) is 0.647. The lowest BCUT2D eigenvalue weighted by Gasteiger charge is -2.34. The van der Waals surface area contributed by atoms with Crippen LogP contribution in [-0.2, 0) is 9.84 Å². The Morgan fingerprint density at radius 2 is 1.86 bits per heavy atom. The summed E-state index contributed by atoms with van der Waals surface area (Å²) in [7, 11) is -2.89. The zero-order chi connectivity index (χ0) is 15.3. The summed E-state index contributed by atoms with van der Waals surface area (Å²) in [6.45, 7) is 1.91. The molecule has 0 aliphatic heterocycles. The summed E-state index contributed by atoms with van der Waals surface area (Å²) in [4.78, 5) is 0. The van der Waals surface area contributed by atoms with E-state index in [1.807, 2.05) is 13.0 Å². The molecular formula is C17H27NO2S. The lowest BCUT2D eigenvalue weighted by Crippen LogP contribution is -2.36. The van der Waals surface area contributed by atoms with Gasteiger partial charge in [-0.3, -0.25) is 0 Å². The van der Waals surface area contributed by atoms with Crippen LogP contribution in [0.15, 0.2) is 30.3 Å². The monoisotopic (exact) mass is 309 g/mol. The predicted octanol–water partition coefficient (Wildman–Crippen LogP) is 3.11. The highest BCUT2D eigenvalue weighted by molar-refractivity contribution is 7.91. The van der Waals surface area contributed by atoms with Crippen molar-refractivity contribution in [2.24, 2.45) is 11.7 Å². The smallest absolute Gasteiger partial charge is 0.150 e. The molecule has 1 aromatic rings. The van der Waals surface area contributed by atoms with Crippen LogP contribution in [0.25, 0.3) is 0 Å². The average molecular weight is 309 g/mol. The molecule has 21 heavy (non-hydrogen) atoms. The number of hydrogen-bond donors (Lipinski definition) is 1. The Morgan fingerprint density at radius 3 is 2.52 bits per heavy atom. The van der Waals surface area contributed by atoms with Crippen LogP contribution >= 0.6 is 0 Å². The van der Waals surface area contributed by atoms with E-state index in [1.165, 1.54) is 5.56 Å². The van der Waals surface area contributed by atoms with Crippen molar-refractivity contribution in [3.8, 4) is 0 Å². The van der Waals surface area contributed by atoms with Gasteiger partial charge in [0.1, 0.15) is 9.84 Å². The minimum absolute atomic E-state index is 0.154. The topological polar surface area (TPSA) is 60.2 Å². The van der Waals surface area contributed by atoms with E-state index in [0.29, 0.717) is 36.2 Å². The lowest BCUT2D eigenvalue weighted by molar-refractivity contribution is 0.272.